The monoisotopic (exact) mass is 325 g/mol. The van der Waals surface area contributed by atoms with Crippen molar-refractivity contribution in [1.29, 1.82) is 0 Å². The lowest BCUT2D eigenvalue weighted by atomic mass is 10.2. The van der Waals surface area contributed by atoms with E-state index in [2.05, 4.69) is 0 Å². The third-order valence-electron chi connectivity index (χ3n) is 3.46. The van der Waals surface area contributed by atoms with Crippen LogP contribution in [0.3, 0.4) is 0 Å². The number of fused-ring (bicyclic) bond motifs is 1. The van der Waals surface area contributed by atoms with Gasteiger partial charge in [-0.2, -0.15) is 0 Å². The van der Waals surface area contributed by atoms with Crippen LogP contribution in [0, 0.1) is 5.82 Å². The summed E-state index contributed by atoms with van der Waals surface area (Å²) in [7, 11) is 0. The summed E-state index contributed by atoms with van der Waals surface area (Å²) in [6.45, 7) is 2.02. The molecule has 116 valence electrons. The van der Waals surface area contributed by atoms with E-state index in [4.69, 9.17) is 10.5 Å². The quantitative estimate of drug-likeness (QED) is 0.912. The van der Waals surface area contributed by atoms with E-state index in [1.165, 1.54) is 10.6 Å². The number of anilines is 1. The Balaban J connectivity index is 2.08. The van der Waals surface area contributed by atoms with Gasteiger partial charge in [-0.3, -0.25) is 19.1 Å². The highest BCUT2D eigenvalue weighted by Crippen LogP contribution is 2.29. The number of nitrogens with zero attached hydrogens (tertiary/aromatic N) is 2. The van der Waals surface area contributed by atoms with E-state index >= 15 is 0 Å². The SMILES string of the molecule is CCn1c(=O)sc2cc(N3C[C@H](C(N)=O)OC3=O)cc(F)c21. The topological polar surface area (TPSA) is 94.6 Å². The molecule has 7 nitrogen and oxygen atoms in total. The maximum atomic E-state index is 14.3. The Labute approximate surface area is 127 Å². The minimum absolute atomic E-state index is 0.0809. The van der Waals surface area contributed by atoms with Crippen LogP contribution < -0.4 is 15.5 Å². The van der Waals surface area contributed by atoms with Gasteiger partial charge >= 0.3 is 11.0 Å². The van der Waals surface area contributed by atoms with Crippen molar-refractivity contribution in [3.05, 3.63) is 27.6 Å². The van der Waals surface area contributed by atoms with Gasteiger partial charge in [0.1, 0.15) is 5.82 Å². The average molecular weight is 325 g/mol. The molecule has 1 aliphatic heterocycles. The molecule has 3 rings (SSSR count). The number of primary amides is 1. The molecule has 0 bridgehead atoms. The predicted molar refractivity (Wildman–Crippen MR) is 78.5 cm³/mol. The molecule has 0 aliphatic carbocycles. The van der Waals surface area contributed by atoms with Crippen molar-refractivity contribution in [3.8, 4) is 0 Å². The minimum atomic E-state index is -1.06. The molecule has 1 atom stereocenters. The molecule has 1 saturated heterocycles. The van der Waals surface area contributed by atoms with Gasteiger partial charge in [0.2, 0.25) is 0 Å². The van der Waals surface area contributed by atoms with Gasteiger partial charge in [-0.25, -0.2) is 9.18 Å². The molecule has 22 heavy (non-hydrogen) atoms. The lowest BCUT2D eigenvalue weighted by molar-refractivity contribution is -0.124. The molecule has 2 amide bonds. The largest absolute Gasteiger partial charge is 0.434 e. The second-order valence-corrected chi connectivity index (χ2v) is 5.77. The van der Waals surface area contributed by atoms with Crippen molar-refractivity contribution in [2.24, 2.45) is 5.73 Å². The van der Waals surface area contributed by atoms with Gasteiger partial charge in [-0.05, 0) is 13.0 Å². The highest BCUT2D eigenvalue weighted by atomic mass is 32.1. The first-order valence-electron chi connectivity index (χ1n) is 6.52. The molecule has 1 fully saturated rings. The average Bonchev–Trinajstić information content (AvgIpc) is 2.98. The van der Waals surface area contributed by atoms with Crippen LogP contribution in [-0.4, -0.2) is 29.2 Å². The van der Waals surface area contributed by atoms with Crippen LogP contribution in [0.5, 0.6) is 0 Å². The number of rotatable bonds is 3. The normalized spacial score (nSPS) is 18.0. The summed E-state index contributed by atoms with van der Waals surface area (Å²) in [5.74, 6) is -1.37. The van der Waals surface area contributed by atoms with Crippen LogP contribution in [0.25, 0.3) is 10.2 Å². The number of benzene rings is 1. The molecule has 0 spiro atoms. The van der Waals surface area contributed by atoms with Crippen LogP contribution in [0.4, 0.5) is 14.9 Å². The molecule has 2 aromatic rings. The Kier molecular flexibility index (Phi) is 3.36. The molecule has 0 unspecified atom stereocenters. The molecular formula is C13H12FN3O4S. The zero-order chi connectivity index (χ0) is 16.0. The zero-order valence-corrected chi connectivity index (χ0v) is 12.4. The third-order valence-corrected chi connectivity index (χ3v) is 4.38. The predicted octanol–water partition coefficient (Wildman–Crippen LogP) is 1.03. The minimum Gasteiger partial charge on any atom is -0.434 e. The second kappa shape index (κ2) is 5.09. The van der Waals surface area contributed by atoms with Gasteiger partial charge in [0.15, 0.2) is 6.10 Å². The Morgan fingerprint density at radius 1 is 1.50 bits per heavy atom. The molecule has 2 heterocycles. The van der Waals surface area contributed by atoms with Crippen LogP contribution >= 0.6 is 11.3 Å². The number of amides is 2. The van der Waals surface area contributed by atoms with Gasteiger partial charge in [-0.15, -0.1) is 0 Å². The highest BCUT2D eigenvalue weighted by Gasteiger charge is 2.36. The summed E-state index contributed by atoms with van der Waals surface area (Å²) >= 11 is 0.896. The lowest BCUT2D eigenvalue weighted by Gasteiger charge is -2.13. The first-order valence-corrected chi connectivity index (χ1v) is 7.34. The fraction of sp³-hybridized carbons (Fsp3) is 0.308. The van der Waals surface area contributed by atoms with E-state index in [0.29, 0.717) is 11.2 Å². The van der Waals surface area contributed by atoms with Gasteiger partial charge in [0, 0.05) is 12.6 Å². The summed E-state index contributed by atoms with van der Waals surface area (Å²) in [6.07, 6.45) is -1.84. The number of thiazole rings is 1. The van der Waals surface area contributed by atoms with Crippen molar-refractivity contribution in [2.45, 2.75) is 19.6 Å². The molecule has 0 radical (unpaired) electrons. The van der Waals surface area contributed by atoms with Crippen molar-refractivity contribution >= 4 is 39.2 Å². The molecular weight excluding hydrogens is 313 g/mol. The number of carbonyl (C=O) groups excluding carboxylic acids is 2. The summed E-state index contributed by atoms with van der Waals surface area (Å²) in [5, 5.41) is 0. The van der Waals surface area contributed by atoms with Crippen molar-refractivity contribution < 1.29 is 18.7 Å². The number of carbonyl (C=O) groups is 2. The van der Waals surface area contributed by atoms with Gasteiger partial charge < -0.3 is 10.5 Å². The number of hydrogen-bond donors (Lipinski definition) is 1. The van der Waals surface area contributed by atoms with Gasteiger partial charge in [-0.1, -0.05) is 11.3 Å². The lowest BCUT2D eigenvalue weighted by Crippen LogP contribution is -2.32. The summed E-state index contributed by atoms with van der Waals surface area (Å²) in [4.78, 5) is 35.5. The van der Waals surface area contributed by atoms with Crippen LogP contribution in [0.1, 0.15) is 6.92 Å². The Hall–Kier alpha value is -2.42. The standard InChI is InChI=1S/C13H12FN3O4S/c1-2-16-10-7(14)3-6(4-9(10)22-13(16)20)17-5-8(11(15)18)21-12(17)19/h3-4,8H,2,5H2,1H3,(H2,15,18)/t8-/m1/s1. The van der Waals surface area contributed by atoms with Crippen LogP contribution in [0.15, 0.2) is 16.9 Å². The molecule has 1 aliphatic rings. The summed E-state index contributed by atoms with van der Waals surface area (Å²) < 4.78 is 20.9. The summed E-state index contributed by atoms with van der Waals surface area (Å²) in [6, 6.07) is 2.67. The Morgan fingerprint density at radius 3 is 2.82 bits per heavy atom. The van der Waals surface area contributed by atoms with Crippen LogP contribution in [-0.2, 0) is 16.1 Å². The third kappa shape index (κ3) is 2.13. The molecule has 2 N–H and O–H groups in total. The summed E-state index contributed by atoms with van der Waals surface area (Å²) in [5.41, 5.74) is 5.54. The molecule has 1 aromatic carbocycles. The van der Waals surface area contributed by atoms with Gasteiger partial charge in [0.05, 0.1) is 22.4 Å². The Bertz CT molecular complexity index is 844. The van der Waals surface area contributed by atoms with Gasteiger partial charge in [0.25, 0.3) is 5.91 Å². The fourth-order valence-corrected chi connectivity index (χ4v) is 3.41. The number of hydrogen-bond acceptors (Lipinski definition) is 5. The number of aryl methyl sites for hydroxylation is 1. The first-order chi connectivity index (χ1) is 10.4. The van der Waals surface area contributed by atoms with E-state index < -0.39 is 23.9 Å². The maximum Gasteiger partial charge on any atom is 0.415 e. The molecule has 0 saturated carbocycles. The number of ether oxygens (including phenoxy) is 1. The maximum absolute atomic E-state index is 14.3. The van der Waals surface area contributed by atoms with E-state index in [1.54, 1.807) is 6.92 Å². The second-order valence-electron chi connectivity index (χ2n) is 4.77. The van der Waals surface area contributed by atoms with Crippen LogP contribution in [0.2, 0.25) is 0 Å². The van der Waals surface area contributed by atoms with E-state index in [0.717, 1.165) is 22.3 Å². The number of halogens is 1. The van der Waals surface area contributed by atoms with Crippen molar-refractivity contribution in [2.75, 3.05) is 11.4 Å². The van der Waals surface area contributed by atoms with Crippen molar-refractivity contribution in [3.63, 3.8) is 0 Å². The first kappa shape index (κ1) is 14.5. The number of nitrogens with two attached hydrogens (primary N) is 1. The number of cyclic esters (lactones) is 1. The zero-order valence-electron chi connectivity index (χ0n) is 11.5. The Morgan fingerprint density at radius 2 is 2.23 bits per heavy atom. The smallest absolute Gasteiger partial charge is 0.415 e. The van der Waals surface area contributed by atoms with Crippen molar-refractivity contribution in [1.82, 2.24) is 4.57 Å². The van der Waals surface area contributed by atoms with E-state index in [9.17, 15) is 18.8 Å². The molecule has 9 heteroatoms. The molecule has 1 aromatic heterocycles. The van der Waals surface area contributed by atoms with E-state index in [1.807, 2.05) is 0 Å². The highest BCUT2D eigenvalue weighted by molar-refractivity contribution is 7.16. The van der Waals surface area contributed by atoms with E-state index in [-0.39, 0.29) is 22.6 Å². The number of aromatic nitrogens is 1. The fourth-order valence-electron chi connectivity index (χ4n) is 2.41.